The number of benzene rings is 2. The number of sulfonamides is 1. The van der Waals surface area contributed by atoms with Crippen LogP contribution in [0.15, 0.2) is 47.4 Å². The average molecular weight is 577 g/mol. The topological polar surface area (TPSA) is 126 Å². The zero-order chi connectivity index (χ0) is 28.7. The maximum absolute atomic E-state index is 13.4. The van der Waals surface area contributed by atoms with E-state index in [1.54, 1.807) is 0 Å². The summed E-state index contributed by atoms with van der Waals surface area (Å²) in [7, 11) is -0.482. The van der Waals surface area contributed by atoms with Crippen LogP contribution in [0.25, 0.3) is 0 Å². The van der Waals surface area contributed by atoms with Crippen LogP contribution in [-0.2, 0) is 19.6 Å². The molecule has 2 saturated heterocycles. The fourth-order valence-electron chi connectivity index (χ4n) is 5.00. The zero-order valence-corrected chi connectivity index (χ0v) is 23.6. The number of carbonyl (C=O) groups is 2. The van der Waals surface area contributed by atoms with Gasteiger partial charge in [0, 0.05) is 36.6 Å². The highest BCUT2D eigenvalue weighted by Crippen LogP contribution is 2.29. The van der Waals surface area contributed by atoms with E-state index in [0.717, 1.165) is 25.9 Å². The van der Waals surface area contributed by atoms with Crippen LogP contribution in [-0.4, -0.2) is 77.7 Å². The highest BCUT2D eigenvalue weighted by atomic mass is 32.2. The summed E-state index contributed by atoms with van der Waals surface area (Å²) in [5.74, 6) is -1.15. The molecular weight excluding hydrogens is 539 g/mol. The second kappa shape index (κ2) is 13.5. The summed E-state index contributed by atoms with van der Waals surface area (Å²) in [6.07, 6.45) is 3.35. The lowest BCUT2D eigenvalue weighted by atomic mass is 9.92. The number of hydrogen-bond donors (Lipinski definition) is 3. The maximum atomic E-state index is 13.4. The smallest absolute Gasteiger partial charge is 0.251 e. The Bertz CT molecular complexity index is 1280. The first-order chi connectivity index (χ1) is 19.1. The van der Waals surface area contributed by atoms with Crippen molar-refractivity contribution in [2.24, 2.45) is 5.92 Å². The summed E-state index contributed by atoms with van der Waals surface area (Å²) in [4.78, 5) is 28.4. The highest BCUT2D eigenvalue weighted by Gasteiger charge is 2.29. The summed E-state index contributed by atoms with van der Waals surface area (Å²) >= 11 is 0. The van der Waals surface area contributed by atoms with Crippen LogP contribution in [0.3, 0.4) is 0 Å². The predicted octanol–water partition coefficient (Wildman–Crippen LogP) is 2.76. The minimum absolute atomic E-state index is 0.0182. The van der Waals surface area contributed by atoms with Gasteiger partial charge in [-0.15, -0.1) is 0 Å². The Morgan fingerprint density at radius 3 is 2.40 bits per heavy atom. The molecule has 2 aliphatic heterocycles. The molecule has 0 saturated carbocycles. The molecule has 0 bridgehead atoms. The number of halogens is 1. The molecule has 40 heavy (non-hydrogen) atoms. The first-order valence-corrected chi connectivity index (χ1v) is 15.0. The molecule has 3 N–H and O–H groups in total. The zero-order valence-electron chi connectivity index (χ0n) is 22.8. The lowest BCUT2D eigenvalue weighted by Gasteiger charge is -2.29. The van der Waals surface area contributed by atoms with E-state index in [9.17, 15) is 22.4 Å². The monoisotopic (exact) mass is 576 g/mol. The van der Waals surface area contributed by atoms with E-state index in [4.69, 9.17) is 9.47 Å². The Morgan fingerprint density at radius 1 is 1.07 bits per heavy atom. The number of amides is 2. The molecule has 2 aromatic rings. The third-order valence-electron chi connectivity index (χ3n) is 7.40. The van der Waals surface area contributed by atoms with Crippen molar-refractivity contribution in [1.29, 1.82) is 0 Å². The Kier molecular flexibility index (Phi) is 10.1. The molecule has 1 atom stereocenters. The fourth-order valence-corrected chi connectivity index (χ4v) is 6.45. The maximum Gasteiger partial charge on any atom is 0.251 e. The number of ether oxygens (including phenoxy) is 2. The van der Waals surface area contributed by atoms with Gasteiger partial charge in [-0.25, -0.2) is 17.5 Å². The molecule has 4 rings (SSSR count). The molecule has 218 valence electrons. The summed E-state index contributed by atoms with van der Waals surface area (Å²) < 4.78 is 53.2. The summed E-state index contributed by atoms with van der Waals surface area (Å²) in [6, 6.07) is 8.40. The van der Waals surface area contributed by atoms with Gasteiger partial charge >= 0.3 is 0 Å². The van der Waals surface area contributed by atoms with Gasteiger partial charge in [0.15, 0.2) is 0 Å². The van der Waals surface area contributed by atoms with Crippen molar-refractivity contribution in [3.05, 3.63) is 53.8 Å². The summed E-state index contributed by atoms with van der Waals surface area (Å²) in [6.45, 7) is 2.79. The molecule has 0 spiro atoms. The fraction of sp³-hybridized carbons (Fsp3) is 0.500. The SMILES string of the molecule is COc1cc(NC(=O)[C@H](CC2CCOCC2)NC(=O)c2ccc(F)cc2)ccc1S(=O)(=O)NC1CCN(C)CC1. The molecule has 0 unspecified atom stereocenters. The van der Waals surface area contributed by atoms with E-state index in [1.165, 1.54) is 49.6 Å². The lowest BCUT2D eigenvalue weighted by molar-refractivity contribution is -0.118. The van der Waals surface area contributed by atoms with Crippen LogP contribution >= 0.6 is 0 Å². The molecule has 2 aliphatic rings. The first-order valence-electron chi connectivity index (χ1n) is 13.5. The molecule has 2 heterocycles. The summed E-state index contributed by atoms with van der Waals surface area (Å²) in [5.41, 5.74) is 0.563. The van der Waals surface area contributed by atoms with Gasteiger partial charge < -0.3 is 25.0 Å². The van der Waals surface area contributed by atoms with Gasteiger partial charge in [-0.05, 0) is 94.6 Å². The van der Waals surface area contributed by atoms with E-state index in [1.807, 2.05) is 7.05 Å². The molecule has 12 heteroatoms. The number of anilines is 1. The Balaban J connectivity index is 1.48. The molecule has 2 amide bonds. The largest absolute Gasteiger partial charge is 0.495 e. The Labute approximate surface area is 234 Å². The van der Waals surface area contributed by atoms with Crippen molar-refractivity contribution in [2.75, 3.05) is 45.8 Å². The highest BCUT2D eigenvalue weighted by molar-refractivity contribution is 7.89. The third kappa shape index (κ3) is 8.00. The van der Waals surface area contributed by atoms with Gasteiger partial charge in [-0.2, -0.15) is 0 Å². The minimum atomic E-state index is -3.85. The summed E-state index contributed by atoms with van der Waals surface area (Å²) in [5, 5.41) is 5.57. The number of likely N-dealkylation sites (tertiary alicyclic amines) is 1. The van der Waals surface area contributed by atoms with Gasteiger partial charge in [-0.3, -0.25) is 9.59 Å². The van der Waals surface area contributed by atoms with Gasteiger partial charge in [0.2, 0.25) is 15.9 Å². The quantitative estimate of drug-likeness (QED) is 0.397. The number of carbonyl (C=O) groups excluding carboxylic acids is 2. The average Bonchev–Trinajstić information content (AvgIpc) is 2.94. The van der Waals surface area contributed by atoms with E-state index in [2.05, 4.69) is 20.3 Å². The number of hydrogen-bond acceptors (Lipinski definition) is 7. The van der Waals surface area contributed by atoms with Crippen LogP contribution in [0.1, 0.15) is 42.5 Å². The Morgan fingerprint density at radius 2 is 1.75 bits per heavy atom. The number of nitrogens with one attached hydrogen (secondary N) is 3. The molecule has 2 aromatic carbocycles. The predicted molar refractivity (Wildman–Crippen MR) is 148 cm³/mol. The van der Waals surface area contributed by atoms with Crippen LogP contribution in [0.4, 0.5) is 10.1 Å². The van der Waals surface area contributed by atoms with Crippen molar-refractivity contribution < 1.29 is 31.9 Å². The van der Waals surface area contributed by atoms with Crippen LogP contribution in [0, 0.1) is 11.7 Å². The number of methoxy groups -OCH3 is 1. The normalized spacial score (nSPS) is 18.2. The molecule has 0 radical (unpaired) electrons. The molecular formula is C28H37FN4O6S. The molecule has 0 aromatic heterocycles. The number of nitrogens with zero attached hydrogens (tertiary/aromatic N) is 1. The third-order valence-corrected chi connectivity index (χ3v) is 8.96. The number of rotatable bonds is 10. The standard InChI is InChI=1S/C28H37FN4O6S/c1-33-13-9-22(10-14-33)32-40(36,37)26-8-7-23(18-25(26)38-2)30-28(35)24(17-19-11-15-39-16-12-19)31-27(34)20-3-5-21(29)6-4-20/h3-8,18-19,22,24,32H,9-17H2,1-2H3,(H,30,35)(H,31,34)/t24-/m0/s1. The van der Waals surface area contributed by atoms with Gasteiger partial charge in [0.1, 0.15) is 22.5 Å². The van der Waals surface area contributed by atoms with Crippen molar-refractivity contribution in [2.45, 2.75) is 49.1 Å². The second-order valence-corrected chi connectivity index (χ2v) is 12.1. The van der Waals surface area contributed by atoms with Crippen molar-refractivity contribution in [3.8, 4) is 5.75 Å². The van der Waals surface area contributed by atoms with Gasteiger partial charge in [-0.1, -0.05) is 0 Å². The van der Waals surface area contributed by atoms with Crippen LogP contribution in [0.2, 0.25) is 0 Å². The van der Waals surface area contributed by atoms with E-state index in [-0.39, 0.29) is 28.2 Å². The molecule has 2 fully saturated rings. The van der Waals surface area contributed by atoms with Gasteiger partial charge in [0.25, 0.3) is 5.91 Å². The van der Waals surface area contributed by atoms with Crippen molar-refractivity contribution in [1.82, 2.24) is 14.9 Å². The van der Waals surface area contributed by atoms with Crippen molar-refractivity contribution in [3.63, 3.8) is 0 Å². The Hall–Kier alpha value is -3.06. The molecule has 10 nitrogen and oxygen atoms in total. The van der Waals surface area contributed by atoms with E-state index >= 15 is 0 Å². The lowest BCUT2D eigenvalue weighted by Crippen LogP contribution is -2.45. The minimum Gasteiger partial charge on any atom is -0.495 e. The van der Waals surface area contributed by atoms with Crippen LogP contribution < -0.4 is 20.1 Å². The molecule has 0 aliphatic carbocycles. The second-order valence-electron chi connectivity index (χ2n) is 10.4. The first kappa shape index (κ1) is 29.9. The van der Waals surface area contributed by atoms with Crippen molar-refractivity contribution >= 4 is 27.5 Å². The number of piperidine rings is 1. The van der Waals surface area contributed by atoms with Crippen LogP contribution in [0.5, 0.6) is 5.75 Å². The van der Waals surface area contributed by atoms with Gasteiger partial charge in [0.05, 0.1) is 7.11 Å². The van der Waals surface area contributed by atoms with E-state index in [0.29, 0.717) is 38.2 Å². The van der Waals surface area contributed by atoms with E-state index < -0.39 is 33.7 Å².